The predicted octanol–water partition coefficient (Wildman–Crippen LogP) is 3.52. The van der Waals surface area contributed by atoms with Crippen LogP contribution in [0.4, 0.5) is 4.39 Å². The highest BCUT2D eigenvalue weighted by Gasteiger charge is 2.29. The SMILES string of the molecule is Cc1ccoc1C(=O)NCC1Cc2c(F)ccc(-c3ccncc3)c2O1. The average molecular weight is 352 g/mol. The Hall–Kier alpha value is -3.15. The molecule has 1 aromatic carbocycles. The molecule has 6 heteroatoms. The lowest BCUT2D eigenvalue weighted by Crippen LogP contribution is -2.34. The number of carbonyl (C=O) groups excluding carboxylic acids is 1. The number of aromatic nitrogens is 1. The second-order valence-corrected chi connectivity index (χ2v) is 6.23. The third kappa shape index (κ3) is 2.94. The van der Waals surface area contributed by atoms with Crippen molar-refractivity contribution in [1.82, 2.24) is 10.3 Å². The number of aryl methyl sites for hydroxylation is 1. The summed E-state index contributed by atoms with van der Waals surface area (Å²) in [6.07, 6.45) is 4.91. The van der Waals surface area contributed by atoms with Gasteiger partial charge in [0.1, 0.15) is 17.7 Å². The quantitative estimate of drug-likeness (QED) is 0.780. The molecule has 4 rings (SSSR count). The summed E-state index contributed by atoms with van der Waals surface area (Å²) in [4.78, 5) is 16.2. The summed E-state index contributed by atoms with van der Waals surface area (Å²) >= 11 is 0. The monoisotopic (exact) mass is 352 g/mol. The van der Waals surface area contributed by atoms with Gasteiger partial charge in [-0.25, -0.2) is 4.39 Å². The van der Waals surface area contributed by atoms with E-state index in [1.807, 2.05) is 12.1 Å². The standard InChI is InChI=1S/C20H17FN2O3/c1-12-6-9-25-18(12)20(24)23-11-14-10-16-17(21)3-2-15(19(16)26-14)13-4-7-22-8-5-13/h2-9,14H,10-11H2,1H3,(H,23,24). The fourth-order valence-corrected chi connectivity index (χ4v) is 3.13. The van der Waals surface area contributed by atoms with Gasteiger partial charge in [-0.05, 0) is 42.8 Å². The molecule has 0 radical (unpaired) electrons. The molecule has 0 bridgehead atoms. The van der Waals surface area contributed by atoms with Crippen molar-refractivity contribution in [3.05, 3.63) is 71.7 Å². The van der Waals surface area contributed by atoms with Gasteiger partial charge < -0.3 is 14.5 Å². The molecule has 1 aliphatic rings. The van der Waals surface area contributed by atoms with Gasteiger partial charge in [-0.1, -0.05) is 0 Å². The molecular formula is C20H17FN2O3. The van der Waals surface area contributed by atoms with Crippen LogP contribution in [0.5, 0.6) is 5.75 Å². The van der Waals surface area contributed by atoms with Gasteiger partial charge in [0.05, 0.1) is 12.8 Å². The summed E-state index contributed by atoms with van der Waals surface area (Å²) in [5.74, 6) is 0.212. The summed E-state index contributed by atoms with van der Waals surface area (Å²) in [7, 11) is 0. The van der Waals surface area contributed by atoms with Crippen LogP contribution in [0, 0.1) is 12.7 Å². The molecule has 1 aliphatic heterocycles. The smallest absolute Gasteiger partial charge is 0.287 e. The number of rotatable bonds is 4. The Kier molecular flexibility index (Phi) is 4.16. The summed E-state index contributed by atoms with van der Waals surface area (Å²) in [5.41, 5.74) is 3.03. The fraction of sp³-hybridized carbons (Fsp3) is 0.200. The molecule has 0 fully saturated rings. The minimum atomic E-state index is -0.332. The highest BCUT2D eigenvalue weighted by Crippen LogP contribution is 2.40. The number of nitrogens with zero attached hydrogens (tertiary/aromatic N) is 1. The van der Waals surface area contributed by atoms with Gasteiger partial charge in [0.15, 0.2) is 5.76 Å². The molecule has 0 saturated carbocycles. The number of amides is 1. The van der Waals surface area contributed by atoms with Crippen LogP contribution >= 0.6 is 0 Å². The molecule has 3 heterocycles. The molecule has 3 aromatic rings. The third-order valence-corrected chi connectivity index (χ3v) is 4.47. The largest absolute Gasteiger partial charge is 0.487 e. The number of furan rings is 1. The van der Waals surface area contributed by atoms with Gasteiger partial charge in [0.25, 0.3) is 5.91 Å². The highest BCUT2D eigenvalue weighted by molar-refractivity contribution is 5.92. The predicted molar refractivity (Wildman–Crippen MR) is 93.5 cm³/mol. The zero-order valence-electron chi connectivity index (χ0n) is 14.2. The lowest BCUT2D eigenvalue weighted by Gasteiger charge is -2.13. The maximum atomic E-state index is 14.2. The van der Waals surface area contributed by atoms with Crippen molar-refractivity contribution in [2.24, 2.45) is 0 Å². The number of hydrogen-bond acceptors (Lipinski definition) is 4. The van der Waals surface area contributed by atoms with Crippen LogP contribution in [0.3, 0.4) is 0 Å². The Bertz CT molecular complexity index is 953. The molecule has 0 aliphatic carbocycles. The van der Waals surface area contributed by atoms with Crippen LogP contribution in [0.1, 0.15) is 21.7 Å². The first-order valence-corrected chi connectivity index (χ1v) is 8.34. The highest BCUT2D eigenvalue weighted by atomic mass is 19.1. The van der Waals surface area contributed by atoms with E-state index in [-0.39, 0.29) is 30.1 Å². The maximum Gasteiger partial charge on any atom is 0.287 e. The molecular weight excluding hydrogens is 335 g/mol. The zero-order chi connectivity index (χ0) is 18.1. The average Bonchev–Trinajstić information content (AvgIpc) is 3.27. The van der Waals surface area contributed by atoms with Crippen molar-refractivity contribution in [2.45, 2.75) is 19.4 Å². The van der Waals surface area contributed by atoms with E-state index < -0.39 is 0 Å². The molecule has 1 N–H and O–H groups in total. The number of pyridine rings is 1. The molecule has 0 spiro atoms. The summed E-state index contributed by atoms with van der Waals surface area (Å²) < 4.78 is 25.4. The van der Waals surface area contributed by atoms with Gasteiger partial charge in [-0.3, -0.25) is 9.78 Å². The Balaban J connectivity index is 1.51. The summed E-state index contributed by atoms with van der Waals surface area (Å²) in [6.45, 7) is 2.07. The van der Waals surface area contributed by atoms with E-state index in [4.69, 9.17) is 9.15 Å². The Morgan fingerprint density at radius 1 is 1.27 bits per heavy atom. The molecule has 5 nitrogen and oxygen atoms in total. The number of carbonyl (C=O) groups is 1. The van der Waals surface area contributed by atoms with Crippen LogP contribution < -0.4 is 10.1 Å². The normalized spacial score (nSPS) is 15.4. The van der Waals surface area contributed by atoms with E-state index in [9.17, 15) is 9.18 Å². The van der Waals surface area contributed by atoms with Crippen LogP contribution in [0.25, 0.3) is 11.1 Å². The molecule has 0 saturated heterocycles. The molecule has 1 amide bonds. The maximum absolute atomic E-state index is 14.2. The Labute approximate surface area is 149 Å². The number of halogens is 1. The van der Waals surface area contributed by atoms with E-state index >= 15 is 0 Å². The van der Waals surface area contributed by atoms with E-state index in [2.05, 4.69) is 10.3 Å². The van der Waals surface area contributed by atoms with Crippen molar-refractivity contribution in [2.75, 3.05) is 6.54 Å². The first-order valence-electron chi connectivity index (χ1n) is 8.34. The number of nitrogens with one attached hydrogen (secondary N) is 1. The molecule has 26 heavy (non-hydrogen) atoms. The minimum Gasteiger partial charge on any atom is -0.487 e. The Morgan fingerprint density at radius 2 is 2.08 bits per heavy atom. The number of ether oxygens (including phenoxy) is 1. The van der Waals surface area contributed by atoms with Crippen molar-refractivity contribution in [3.63, 3.8) is 0 Å². The van der Waals surface area contributed by atoms with E-state index in [0.717, 1.165) is 16.7 Å². The number of hydrogen-bond donors (Lipinski definition) is 1. The molecule has 2 aromatic heterocycles. The van der Waals surface area contributed by atoms with Gasteiger partial charge in [-0.15, -0.1) is 0 Å². The molecule has 1 unspecified atom stereocenters. The first kappa shape index (κ1) is 16.3. The van der Waals surface area contributed by atoms with Gasteiger partial charge in [-0.2, -0.15) is 0 Å². The van der Waals surface area contributed by atoms with Crippen LogP contribution in [0.2, 0.25) is 0 Å². The zero-order valence-corrected chi connectivity index (χ0v) is 14.2. The first-order chi connectivity index (χ1) is 12.6. The molecule has 132 valence electrons. The van der Waals surface area contributed by atoms with Crippen molar-refractivity contribution in [1.29, 1.82) is 0 Å². The number of benzene rings is 1. The van der Waals surface area contributed by atoms with E-state index in [1.165, 1.54) is 12.3 Å². The lowest BCUT2D eigenvalue weighted by molar-refractivity contribution is 0.0905. The fourth-order valence-electron chi connectivity index (χ4n) is 3.13. The third-order valence-electron chi connectivity index (χ3n) is 4.47. The van der Waals surface area contributed by atoms with E-state index in [1.54, 1.807) is 31.5 Å². The van der Waals surface area contributed by atoms with Gasteiger partial charge in [0, 0.05) is 35.5 Å². The van der Waals surface area contributed by atoms with E-state index in [0.29, 0.717) is 17.7 Å². The second kappa shape index (κ2) is 6.63. The summed E-state index contributed by atoms with van der Waals surface area (Å²) in [5, 5.41) is 2.79. The van der Waals surface area contributed by atoms with Crippen LogP contribution in [-0.4, -0.2) is 23.5 Å². The van der Waals surface area contributed by atoms with Crippen molar-refractivity contribution < 1.29 is 18.3 Å². The van der Waals surface area contributed by atoms with Crippen molar-refractivity contribution >= 4 is 5.91 Å². The topological polar surface area (TPSA) is 64.4 Å². The second-order valence-electron chi connectivity index (χ2n) is 6.23. The number of fused-ring (bicyclic) bond motifs is 1. The van der Waals surface area contributed by atoms with Crippen LogP contribution in [-0.2, 0) is 6.42 Å². The molecule has 1 atom stereocenters. The van der Waals surface area contributed by atoms with Gasteiger partial charge >= 0.3 is 0 Å². The van der Waals surface area contributed by atoms with Crippen LogP contribution in [0.15, 0.2) is 53.4 Å². The Morgan fingerprint density at radius 3 is 2.81 bits per heavy atom. The van der Waals surface area contributed by atoms with Gasteiger partial charge in [0.2, 0.25) is 0 Å². The summed E-state index contributed by atoms with van der Waals surface area (Å²) in [6, 6.07) is 8.59. The minimum absolute atomic E-state index is 0.267. The lowest BCUT2D eigenvalue weighted by atomic mass is 10.0. The van der Waals surface area contributed by atoms with Crippen molar-refractivity contribution in [3.8, 4) is 16.9 Å².